The normalized spacial score (nSPS) is 15.6. The molecule has 2 heterocycles. The lowest BCUT2D eigenvalue weighted by Gasteiger charge is -2.29. The van der Waals surface area contributed by atoms with Gasteiger partial charge in [0, 0.05) is 16.0 Å². The molecule has 1 amide bonds. The van der Waals surface area contributed by atoms with E-state index in [1.54, 1.807) is 16.2 Å². The van der Waals surface area contributed by atoms with Crippen molar-refractivity contribution in [3.63, 3.8) is 0 Å². The maximum atomic E-state index is 11.9. The zero-order chi connectivity index (χ0) is 12.6. The molecule has 94 valence electrons. The van der Waals surface area contributed by atoms with Crippen molar-refractivity contribution < 1.29 is 9.53 Å². The van der Waals surface area contributed by atoms with Gasteiger partial charge in [-0.1, -0.05) is 9.24 Å². The van der Waals surface area contributed by atoms with Crippen molar-refractivity contribution in [1.82, 2.24) is 4.90 Å². The Labute approximate surface area is 108 Å². The second-order valence-electron chi connectivity index (χ2n) is 5.25. The van der Waals surface area contributed by atoms with Gasteiger partial charge >= 0.3 is 6.09 Å². The van der Waals surface area contributed by atoms with Gasteiger partial charge in [0.15, 0.2) is 0 Å². The molecule has 17 heavy (non-hydrogen) atoms. The minimum absolute atomic E-state index is 0.209. The number of carbonyl (C=O) groups is 1. The van der Waals surface area contributed by atoms with Gasteiger partial charge in [-0.3, -0.25) is 0 Å². The molecule has 0 radical (unpaired) electrons. The smallest absolute Gasteiger partial charge is 0.410 e. The Hall–Kier alpha value is -0.600. The Morgan fingerprint density at radius 2 is 2.24 bits per heavy atom. The molecule has 0 aliphatic carbocycles. The summed E-state index contributed by atoms with van der Waals surface area (Å²) >= 11 is 1.80. The zero-order valence-electron chi connectivity index (χ0n) is 10.4. The maximum Gasteiger partial charge on any atom is 0.410 e. The minimum Gasteiger partial charge on any atom is -0.444 e. The van der Waals surface area contributed by atoms with Gasteiger partial charge in [-0.15, -0.1) is 11.3 Å². The van der Waals surface area contributed by atoms with Crippen LogP contribution in [-0.4, -0.2) is 23.1 Å². The number of carbonyl (C=O) groups excluding carboxylic acids is 1. The number of rotatable bonds is 0. The van der Waals surface area contributed by atoms with E-state index < -0.39 is 5.60 Å². The van der Waals surface area contributed by atoms with E-state index in [2.05, 4.69) is 15.3 Å². The summed E-state index contributed by atoms with van der Waals surface area (Å²) in [6.07, 6.45) is 0.729. The minimum atomic E-state index is -0.419. The average Bonchev–Trinajstić information content (AvgIpc) is 2.53. The van der Waals surface area contributed by atoms with Crippen molar-refractivity contribution in [3.8, 4) is 0 Å². The van der Waals surface area contributed by atoms with Gasteiger partial charge in [0.2, 0.25) is 0 Å². The van der Waals surface area contributed by atoms with Crippen LogP contribution in [-0.2, 0) is 17.7 Å². The van der Waals surface area contributed by atoms with Gasteiger partial charge in [0.05, 0.1) is 6.54 Å². The monoisotopic (exact) mass is 271 g/mol. The van der Waals surface area contributed by atoms with Crippen LogP contribution >= 0.6 is 20.6 Å². The Balaban J connectivity index is 2.05. The molecular weight excluding hydrogens is 253 g/mol. The molecule has 0 spiro atoms. The molecule has 0 aromatic carbocycles. The largest absolute Gasteiger partial charge is 0.444 e. The van der Waals surface area contributed by atoms with Crippen molar-refractivity contribution in [2.45, 2.75) is 39.3 Å². The molecule has 5 heteroatoms. The number of ether oxygens (including phenoxy) is 1. The molecule has 0 saturated carbocycles. The summed E-state index contributed by atoms with van der Waals surface area (Å²) in [5, 5.41) is 0. The summed E-state index contributed by atoms with van der Waals surface area (Å²) in [4.78, 5) is 15.1. The highest BCUT2D eigenvalue weighted by Gasteiger charge is 2.26. The summed E-state index contributed by atoms with van der Waals surface area (Å²) in [6, 6.07) is 2.14. The Morgan fingerprint density at radius 1 is 1.53 bits per heavy atom. The van der Waals surface area contributed by atoms with E-state index in [4.69, 9.17) is 4.74 Å². The lowest BCUT2D eigenvalue weighted by molar-refractivity contribution is 0.0225. The highest BCUT2D eigenvalue weighted by atomic mass is 32.1. The number of fused-ring (bicyclic) bond motifs is 1. The molecule has 1 aliphatic rings. The first-order valence-corrected chi connectivity index (χ1v) is 7.09. The number of nitrogens with zero attached hydrogens (tertiary/aromatic N) is 1. The fourth-order valence-electron chi connectivity index (χ4n) is 1.84. The van der Waals surface area contributed by atoms with Crippen molar-refractivity contribution in [2.75, 3.05) is 6.54 Å². The number of thiophene rings is 1. The van der Waals surface area contributed by atoms with Crippen LogP contribution in [0.4, 0.5) is 4.79 Å². The lowest BCUT2D eigenvalue weighted by atomic mass is 10.1. The van der Waals surface area contributed by atoms with Gasteiger partial charge < -0.3 is 9.64 Å². The van der Waals surface area contributed by atoms with E-state index in [1.165, 1.54) is 15.1 Å². The van der Waals surface area contributed by atoms with Gasteiger partial charge in [-0.25, -0.2) is 4.79 Å². The van der Waals surface area contributed by atoms with E-state index in [0.29, 0.717) is 6.54 Å². The molecule has 2 rings (SSSR count). The molecule has 1 aliphatic heterocycles. The average molecular weight is 271 g/mol. The van der Waals surface area contributed by atoms with E-state index in [1.807, 2.05) is 20.8 Å². The summed E-state index contributed by atoms with van der Waals surface area (Å²) in [5.74, 6) is 0. The van der Waals surface area contributed by atoms with Gasteiger partial charge in [0.1, 0.15) is 5.60 Å². The number of amides is 1. The van der Waals surface area contributed by atoms with Crippen LogP contribution in [0.15, 0.2) is 6.07 Å². The second-order valence-corrected chi connectivity index (χ2v) is 7.46. The van der Waals surface area contributed by atoms with Gasteiger partial charge in [0.25, 0.3) is 0 Å². The van der Waals surface area contributed by atoms with Crippen LogP contribution in [0.5, 0.6) is 0 Å². The predicted octanol–water partition coefficient (Wildman–Crippen LogP) is 2.54. The van der Waals surface area contributed by atoms with E-state index in [0.717, 1.165) is 13.0 Å². The number of hydrogen-bond donors (Lipinski definition) is 0. The molecule has 1 atom stereocenters. The molecule has 0 N–H and O–H groups in total. The first kappa shape index (κ1) is 12.8. The summed E-state index contributed by atoms with van der Waals surface area (Å²) < 4.78 is 6.62. The maximum absolute atomic E-state index is 11.9. The van der Waals surface area contributed by atoms with Gasteiger partial charge in [-0.05, 0) is 38.8 Å². The SMILES string of the molecule is CC(C)(C)OC(=O)N1CCc2sc(P)cc2C1. The predicted molar refractivity (Wildman–Crippen MR) is 74.0 cm³/mol. The van der Waals surface area contributed by atoms with Crippen LogP contribution in [0.3, 0.4) is 0 Å². The van der Waals surface area contributed by atoms with E-state index >= 15 is 0 Å². The zero-order valence-corrected chi connectivity index (χ0v) is 12.4. The third-order valence-electron chi connectivity index (χ3n) is 2.54. The van der Waals surface area contributed by atoms with Crippen LogP contribution < -0.4 is 4.62 Å². The molecular formula is C12H18NO2PS. The van der Waals surface area contributed by atoms with Crippen LogP contribution in [0, 0.1) is 0 Å². The number of hydrogen-bond acceptors (Lipinski definition) is 3. The molecule has 0 saturated heterocycles. The fraction of sp³-hybridized carbons (Fsp3) is 0.583. The topological polar surface area (TPSA) is 29.5 Å². The first-order chi connectivity index (χ1) is 7.85. The highest BCUT2D eigenvalue weighted by molar-refractivity contribution is 7.43. The lowest BCUT2D eigenvalue weighted by Crippen LogP contribution is -2.39. The Morgan fingerprint density at radius 3 is 2.88 bits per heavy atom. The Kier molecular flexibility index (Phi) is 3.46. The fourth-order valence-corrected chi connectivity index (χ4v) is 3.40. The summed E-state index contributed by atoms with van der Waals surface area (Å²) in [6.45, 7) is 7.12. The van der Waals surface area contributed by atoms with Gasteiger partial charge in [-0.2, -0.15) is 0 Å². The molecule has 1 aromatic rings. The molecule has 3 nitrogen and oxygen atoms in total. The molecule has 0 fully saturated rings. The Bertz CT molecular complexity index is 436. The van der Waals surface area contributed by atoms with Crippen molar-refractivity contribution in [3.05, 3.63) is 16.5 Å². The van der Waals surface area contributed by atoms with E-state index in [9.17, 15) is 4.79 Å². The summed E-state index contributed by atoms with van der Waals surface area (Å²) in [7, 11) is 2.72. The third-order valence-corrected chi connectivity index (χ3v) is 4.12. The third kappa shape index (κ3) is 3.20. The summed E-state index contributed by atoms with van der Waals surface area (Å²) in [5.41, 5.74) is 0.842. The molecule has 0 bridgehead atoms. The molecule has 1 aromatic heterocycles. The first-order valence-electron chi connectivity index (χ1n) is 5.70. The van der Waals surface area contributed by atoms with Crippen LogP contribution in [0.2, 0.25) is 0 Å². The molecule has 1 unspecified atom stereocenters. The van der Waals surface area contributed by atoms with Crippen molar-refractivity contribution in [1.29, 1.82) is 0 Å². The quantitative estimate of drug-likeness (QED) is 0.679. The second kappa shape index (κ2) is 4.58. The van der Waals surface area contributed by atoms with Crippen LogP contribution in [0.25, 0.3) is 0 Å². The standard InChI is InChI=1S/C12H18NO2PS/c1-12(2,3)15-11(14)13-5-4-9-8(7-13)6-10(16)17-9/h6H,4-5,7,16H2,1-3H3. The van der Waals surface area contributed by atoms with Crippen LogP contribution in [0.1, 0.15) is 31.2 Å². The van der Waals surface area contributed by atoms with Crippen molar-refractivity contribution in [2.24, 2.45) is 0 Å². The van der Waals surface area contributed by atoms with E-state index in [-0.39, 0.29) is 6.09 Å². The highest BCUT2D eigenvalue weighted by Crippen LogP contribution is 2.25. The van der Waals surface area contributed by atoms with Crippen molar-refractivity contribution >= 4 is 31.3 Å².